The summed E-state index contributed by atoms with van der Waals surface area (Å²) in [6, 6.07) is 32.4. The molecule has 0 saturated heterocycles. The zero-order chi connectivity index (χ0) is 28.1. The molecular weight excluding hydrogens is 507 g/mol. The van der Waals surface area contributed by atoms with Gasteiger partial charge in [0.2, 0.25) is 0 Å². The molecule has 0 radical (unpaired) electrons. The van der Waals surface area contributed by atoms with E-state index in [1.165, 1.54) is 0 Å². The van der Waals surface area contributed by atoms with Gasteiger partial charge >= 0.3 is 231 Å². The summed E-state index contributed by atoms with van der Waals surface area (Å²) in [4.78, 5) is 25.1. The number of aliphatic carboxylic acids is 1. The van der Waals surface area contributed by atoms with Gasteiger partial charge in [-0.3, -0.25) is 0 Å². The van der Waals surface area contributed by atoms with E-state index in [2.05, 4.69) is 36.4 Å². The Morgan fingerprint density at radius 2 is 1.15 bits per heavy atom. The number of rotatable bonds is 10. The van der Waals surface area contributed by atoms with Gasteiger partial charge in [-0.25, -0.2) is 0 Å². The summed E-state index contributed by atoms with van der Waals surface area (Å²) >= 11 is 0. The summed E-state index contributed by atoms with van der Waals surface area (Å²) in [5.74, 6) is -0.876. The molecule has 1 N–H and O–H groups in total. The molecule has 4 aromatic rings. The standard InChI is InChI=1S/C33H35O5P/c1-24-8-14-29(15-9-24)39(30-16-10-25(2)11-17-30,31-18-12-26(3)13-19-31,38-33(36)21-20-32(34)35)23-27-6-5-7-28(22-27)37-4/h5-19,22H,20-21,23H2,1-4H3,(H,34,35). The number of carbonyl (C=O) groups excluding carboxylic acids is 1. The van der Waals surface area contributed by atoms with E-state index < -0.39 is 18.8 Å². The Kier molecular flexibility index (Phi) is 8.22. The zero-order valence-corrected chi connectivity index (χ0v) is 23.8. The van der Waals surface area contributed by atoms with Gasteiger partial charge in [-0.05, 0) is 0 Å². The summed E-state index contributed by atoms with van der Waals surface area (Å²) in [7, 11) is 1.63. The van der Waals surface area contributed by atoms with Crippen LogP contribution in [0.1, 0.15) is 35.1 Å². The van der Waals surface area contributed by atoms with Crippen LogP contribution >= 0.6 is 6.83 Å². The normalized spacial score (nSPS) is 12.3. The van der Waals surface area contributed by atoms with Crippen LogP contribution in [0, 0.1) is 20.8 Å². The van der Waals surface area contributed by atoms with Gasteiger partial charge in [-0.2, -0.15) is 0 Å². The Labute approximate surface area is 230 Å². The molecule has 6 heteroatoms. The summed E-state index contributed by atoms with van der Waals surface area (Å²) in [5, 5.41) is 12.0. The molecule has 202 valence electrons. The molecule has 0 heterocycles. The molecule has 0 fully saturated rings. The molecule has 0 aliphatic rings. The molecule has 0 saturated carbocycles. The van der Waals surface area contributed by atoms with Gasteiger partial charge in [0.25, 0.3) is 0 Å². The van der Waals surface area contributed by atoms with Crippen LogP contribution in [-0.2, 0) is 20.3 Å². The molecule has 0 unspecified atom stereocenters. The third-order valence-electron chi connectivity index (χ3n) is 7.21. The molecule has 5 nitrogen and oxygen atoms in total. The van der Waals surface area contributed by atoms with Crippen LogP contribution in [0.4, 0.5) is 0 Å². The molecule has 4 rings (SSSR count). The number of carbonyl (C=O) groups is 2. The fraction of sp³-hybridized carbons (Fsp3) is 0.212. The Morgan fingerprint density at radius 3 is 1.56 bits per heavy atom. The molecule has 4 aromatic carbocycles. The summed E-state index contributed by atoms with van der Waals surface area (Å²) in [6.45, 7) is 1.99. The van der Waals surface area contributed by atoms with Crippen LogP contribution in [0.3, 0.4) is 0 Å². The first kappa shape index (κ1) is 28.1. The number of carboxylic acids is 1. The van der Waals surface area contributed by atoms with Crippen molar-refractivity contribution in [3.63, 3.8) is 0 Å². The van der Waals surface area contributed by atoms with Crippen molar-refractivity contribution in [2.75, 3.05) is 7.11 Å². The minimum atomic E-state index is -4.09. The Hall–Kier alpha value is -3.95. The van der Waals surface area contributed by atoms with Gasteiger partial charge < -0.3 is 0 Å². The van der Waals surface area contributed by atoms with Crippen LogP contribution < -0.4 is 20.7 Å². The predicted molar refractivity (Wildman–Crippen MR) is 159 cm³/mol. The molecule has 0 bridgehead atoms. The van der Waals surface area contributed by atoms with Crippen LogP contribution in [0.25, 0.3) is 0 Å². The third kappa shape index (κ3) is 5.60. The quantitative estimate of drug-likeness (QED) is 0.250. The third-order valence-corrected chi connectivity index (χ3v) is 13.0. The monoisotopic (exact) mass is 542 g/mol. The van der Waals surface area contributed by atoms with Crippen LogP contribution in [0.15, 0.2) is 97.1 Å². The number of hydrogen-bond acceptors (Lipinski definition) is 4. The van der Waals surface area contributed by atoms with E-state index in [1.54, 1.807) is 7.11 Å². The van der Waals surface area contributed by atoms with Gasteiger partial charge in [0.1, 0.15) is 0 Å². The molecule has 0 aliphatic carbocycles. The molecular formula is C33H35O5P. The van der Waals surface area contributed by atoms with Crippen LogP contribution in [0.5, 0.6) is 5.75 Å². The Balaban J connectivity index is 2.15. The first-order valence-corrected chi connectivity index (χ1v) is 15.3. The van der Waals surface area contributed by atoms with Crippen molar-refractivity contribution in [1.29, 1.82) is 0 Å². The number of methoxy groups -OCH3 is 1. The van der Waals surface area contributed by atoms with Crippen molar-refractivity contribution in [2.24, 2.45) is 0 Å². The predicted octanol–water partition coefficient (Wildman–Crippen LogP) is 5.97. The Morgan fingerprint density at radius 1 is 0.692 bits per heavy atom. The molecule has 0 aliphatic heterocycles. The van der Waals surface area contributed by atoms with Gasteiger partial charge in [-0.1, -0.05) is 0 Å². The molecule has 39 heavy (non-hydrogen) atoms. The molecule has 0 spiro atoms. The van der Waals surface area contributed by atoms with Crippen molar-refractivity contribution >= 4 is 34.7 Å². The van der Waals surface area contributed by atoms with Crippen molar-refractivity contribution in [2.45, 2.75) is 39.8 Å². The maximum atomic E-state index is 13.7. The van der Waals surface area contributed by atoms with Gasteiger partial charge in [-0.15, -0.1) is 0 Å². The molecule has 0 amide bonds. The van der Waals surface area contributed by atoms with Crippen molar-refractivity contribution in [3.8, 4) is 5.75 Å². The fourth-order valence-electron chi connectivity index (χ4n) is 5.09. The van der Waals surface area contributed by atoms with Crippen molar-refractivity contribution < 1.29 is 24.0 Å². The second-order valence-corrected chi connectivity index (χ2v) is 14.6. The van der Waals surface area contributed by atoms with E-state index >= 15 is 0 Å². The first-order chi connectivity index (χ1) is 18.7. The van der Waals surface area contributed by atoms with Gasteiger partial charge in [0.15, 0.2) is 0 Å². The fourth-order valence-corrected chi connectivity index (χ4v) is 10.7. The van der Waals surface area contributed by atoms with Gasteiger partial charge in [0, 0.05) is 0 Å². The van der Waals surface area contributed by atoms with E-state index in [4.69, 9.17) is 9.26 Å². The summed E-state index contributed by atoms with van der Waals surface area (Å²) in [5.41, 5.74) is 4.20. The number of carboxylic acid groups (broad SMARTS) is 1. The van der Waals surface area contributed by atoms with Crippen LogP contribution in [0.2, 0.25) is 0 Å². The SMILES string of the molecule is COc1cccc(CP(OC(=O)CCC(=O)O)(c2ccc(C)cc2)(c2ccc(C)cc2)c2ccc(C)cc2)c1. The molecule has 0 aromatic heterocycles. The zero-order valence-electron chi connectivity index (χ0n) is 22.9. The van der Waals surface area contributed by atoms with Gasteiger partial charge in [0.05, 0.1) is 0 Å². The Bertz CT molecular complexity index is 1340. The molecule has 0 atom stereocenters. The second-order valence-electron chi connectivity index (χ2n) is 10.1. The first-order valence-electron chi connectivity index (χ1n) is 13.0. The number of ether oxygens (including phenoxy) is 1. The van der Waals surface area contributed by atoms with E-state index in [0.717, 1.165) is 38.2 Å². The topological polar surface area (TPSA) is 72.8 Å². The van der Waals surface area contributed by atoms with E-state index in [-0.39, 0.29) is 12.8 Å². The van der Waals surface area contributed by atoms with E-state index in [1.807, 2.05) is 81.4 Å². The minimum absolute atomic E-state index is 0.227. The average Bonchev–Trinajstić information content (AvgIpc) is 2.93. The average molecular weight is 543 g/mol. The van der Waals surface area contributed by atoms with Crippen molar-refractivity contribution in [3.05, 3.63) is 119 Å². The summed E-state index contributed by atoms with van der Waals surface area (Å²) in [6.07, 6.45) is -0.147. The van der Waals surface area contributed by atoms with E-state index in [9.17, 15) is 14.7 Å². The van der Waals surface area contributed by atoms with Crippen molar-refractivity contribution in [1.82, 2.24) is 0 Å². The number of hydrogen-bond donors (Lipinski definition) is 1. The van der Waals surface area contributed by atoms with E-state index in [0.29, 0.717) is 11.9 Å². The summed E-state index contributed by atoms with van der Waals surface area (Å²) < 4.78 is 12.5. The number of aryl methyl sites for hydroxylation is 3. The maximum absolute atomic E-state index is 13.7. The number of benzene rings is 4. The second kappa shape index (κ2) is 11.4. The van der Waals surface area contributed by atoms with Crippen LogP contribution in [-0.4, -0.2) is 24.2 Å².